The van der Waals surface area contributed by atoms with E-state index in [1.807, 2.05) is 0 Å². The highest BCUT2D eigenvalue weighted by Gasteiger charge is 2.43. The van der Waals surface area contributed by atoms with Gasteiger partial charge in [0.2, 0.25) is 5.91 Å². The number of amides is 1. The molecule has 0 spiro atoms. The predicted octanol–water partition coefficient (Wildman–Crippen LogP) is 1.98. The molecule has 1 heterocycles. The molecule has 1 saturated heterocycles. The summed E-state index contributed by atoms with van der Waals surface area (Å²) in [7, 11) is -3.39. The lowest BCUT2D eigenvalue weighted by Gasteiger charge is -2.39. The fourth-order valence-electron chi connectivity index (χ4n) is 2.20. The number of rotatable bonds is 4. The van der Waals surface area contributed by atoms with Crippen LogP contribution in [0.1, 0.15) is 39.5 Å². The Hall–Kier alpha value is -0.100. The molecule has 106 valence electrons. The Balaban J connectivity index is 2.93. The lowest BCUT2D eigenvalue weighted by atomic mass is 9.98. The molecule has 0 aliphatic carbocycles. The highest BCUT2D eigenvalue weighted by atomic mass is 79.9. The Morgan fingerprint density at radius 1 is 1.39 bits per heavy atom. The number of likely N-dealkylation sites (tertiary alicyclic amines) is 1. The molecule has 6 heteroatoms. The highest BCUT2D eigenvalue weighted by Crippen LogP contribution is 2.26. The van der Waals surface area contributed by atoms with E-state index in [0.717, 1.165) is 37.3 Å². The minimum absolute atomic E-state index is 0.173. The number of hydrogen-bond donors (Lipinski definition) is 0. The zero-order valence-corrected chi connectivity index (χ0v) is 13.7. The average Bonchev–Trinajstić information content (AvgIpc) is 2.28. The largest absolute Gasteiger partial charge is 0.338 e. The molecule has 1 unspecified atom stereocenters. The first-order chi connectivity index (χ1) is 8.21. The first kappa shape index (κ1) is 16.0. The molecule has 1 aliphatic rings. The second kappa shape index (κ2) is 5.90. The van der Waals surface area contributed by atoms with Crippen LogP contribution in [0, 0.1) is 0 Å². The SMILES string of the molecule is CC(C)(C(=O)N1CCCCC1CCBr)S(C)(=O)=O. The molecule has 18 heavy (non-hydrogen) atoms. The molecule has 1 aliphatic heterocycles. The second-order valence-corrected chi connectivity index (χ2v) is 8.77. The number of carbonyl (C=O) groups excluding carboxylic acids is 1. The van der Waals surface area contributed by atoms with Gasteiger partial charge < -0.3 is 4.90 Å². The van der Waals surface area contributed by atoms with Gasteiger partial charge >= 0.3 is 0 Å². The smallest absolute Gasteiger partial charge is 0.243 e. The molecule has 0 N–H and O–H groups in total. The minimum atomic E-state index is -3.39. The van der Waals surface area contributed by atoms with E-state index in [-0.39, 0.29) is 11.9 Å². The summed E-state index contributed by atoms with van der Waals surface area (Å²) in [5.41, 5.74) is 0. The van der Waals surface area contributed by atoms with E-state index in [0.29, 0.717) is 6.54 Å². The maximum Gasteiger partial charge on any atom is 0.243 e. The topological polar surface area (TPSA) is 54.5 Å². The monoisotopic (exact) mass is 339 g/mol. The van der Waals surface area contributed by atoms with Gasteiger partial charge in [-0.15, -0.1) is 0 Å². The molecule has 0 aromatic rings. The third-order valence-corrected chi connectivity index (χ3v) is 6.26. The third kappa shape index (κ3) is 3.26. The van der Waals surface area contributed by atoms with Gasteiger partial charge in [-0.2, -0.15) is 0 Å². The standard InChI is InChI=1S/C12H22BrNO3S/c1-12(2,18(3,16)17)11(15)14-9-5-4-6-10(14)7-8-13/h10H,4-9H2,1-3H3. The summed E-state index contributed by atoms with van der Waals surface area (Å²) in [5.74, 6) is -0.254. The van der Waals surface area contributed by atoms with Gasteiger partial charge in [0.05, 0.1) is 0 Å². The van der Waals surface area contributed by atoms with Crippen molar-refractivity contribution in [1.82, 2.24) is 4.90 Å². The molecule has 1 atom stereocenters. The molecule has 1 rings (SSSR count). The molecule has 0 bridgehead atoms. The van der Waals surface area contributed by atoms with Gasteiger partial charge in [0, 0.05) is 24.2 Å². The Morgan fingerprint density at radius 2 is 2.00 bits per heavy atom. The van der Waals surface area contributed by atoms with Crippen LogP contribution in [0.2, 0.25) is 0 Å². The fraction of sp³-hybridized carbons (Fsp3) is 0.917. The van der Waals surface area contributed by atoms with Crippen molar-refractivity contribution >= 4 is 31.7 Å². The lowest BCUT2D eigenvalue weighted by Crippen LogP contribution is -2.54. The number of nitrogens with zero attached hydrogens (tertiary/aromatic N) is 1. The minimum Gasteiger partial charge on any atom is -0.338 e. The van der Waals surface area contributed by atoms with Crippen LogP contribution in [-0.2, 0) is 14.6 Å². The summed E-state index contributed by atoms with van der Waals surface area (Å²) in [6.07, 6.45) is 5.06. The highest BCUT2D eigenvalue weighted by molar-refractivity contribution is 9.09. The quantitative estimate of drug-likeness (QED) is 0.736. The Kier molecular flexibility index (Phi) is 5.23. The lowest BCUT2D eigenvalue weighted by molar-refractivity contribution is -0.136. The van der Waals surface area contributed by atoms with E-state index in [9.17, 15) is 13.2 Å². The maximum absolute atomic E-state index is 12.5. The van der Waals surface area contributed by atoms with Crippen molar-refractivity contribution in [3.8, 4) is 0 Å². The van der Waals surface area contributed by atoms with Crippen molar-refractivity contribution in [2.45, 2.75) is 50.3 Å². The van der Waals surface area contributed by atoms with E-state index >= 15 is 0 Å². The summed E-state index contributed by atoms with van der Waals surface area (Å²) >= 11 is 3.40. The van der Waals surface area contributed by atoms with Crippen molar-refractivity contribution in [2.24, 2.45) is 0 Å². The summed E-state index contributed by atoms with van der Waals surface area (Å²) in [4.78, 5) is 14.3. The third-order valence-electron chi connectivity index (χ3n) is 3.77. The van der Waals surface area contributed by atoms with E-state index in [2.05, 4.69) is 15.9 Å². The van der Waals surface area contributed by atoms with Gasteiger partial charge in [0.25, 0.3) is 0 Å². The van der Waals surface area contributed by atoms with Crippen LogP contribution >= 0.6 is 15.9 Å². The van der Waals surface area contributed by atoms with Gasteiger partial charge in [-0.3, -0.25) is 4.79 Å². The van der Waals surface area contributed by atoms with Gasteiger partial charge in [0.1, 0.15) is 4.75 Å². The number of carbonyl (C=O) groups is 1. The molecule has 4 nitrogen and oxygen atoms in total. The molecule has 1 fully saturated rings. The molecule has 0 radical (unpaired) electrons. The van der Waals surface area contributed by atoms with E-state index in [1.165, 1.54) is 13.8 Å². The van der Waals surface area contributed by atoms with Crippen LogP contribution < -0.4 is 0 Å². The van der Waals surface area contributed by atoms with Gasteiger partial charge in [-0.25, -0.2) is 8.42 Å². The van der Waals surface area contributed by atoms with Gasteiger partial charge in [-0.1, -0.05) is 15.9 Å². The molecular weight excluding hydrogens is 318 g/mol. The van der Waals surface area contributed by atoms with E-state index in [1.54, 1.807) is 4.90 Å². The van der Waals surface area contributed by atoms with Crippen LogP contribution in [-0.4, -0.2) is 48.1 Å². The number of sulfone groups is 1. The van der Waals surface area contributed by atoms with Crippen LogP contribution in [0.3, 0.4) is 0 Å². The first-order valence-corrected chi connectivity index (χ1v) is 9.29. The number of alkyl halides is 1. The first-order valence-electron chi connectivity index (χ1n) is 6.28. The van der Waals surface area contributed by atoms with E-state index in [4.69, 9.17) is 0 Å². The average molecular weight is 340 g/mol. The van der Waals surface area contributed by atoms with Crippen LogP contribution in [0.4, 0.5) is 0 Å². The number of hydrogen-bond acceptors (Lipinski definition) is 3. The predicted molar refractivity (Wildman–Crippen MR) is 76.7 cm³/mol. The van der Waals surface area contributed by atoms with Crippen molar-refractivity contribution in [1.29, 1.82) is 0 Å². The fourth-order valence-corrected chi connectivity index (χ4v) is 3.16. The maximum atomic E-state index is 12.5. The summed E-state index contributed by atoms with van der Waals surface area (Å²) in [6, 6.07) is 0.173. The summed E-state index contributed by atoms with van der Waals surface area (Å²) in [6.45, 7) is 3.68. The van der Waals surface area contributed by atoms with Crippen LogP contribution in [0.15, 0.2) is 0 Å². The van der Waals surface area contributed by atoms with Crippen molar-refractivity contribution in [2.75, 3.05) is 18.1 Å². The van der Waals surface area contributed by atoms with Crippen LogP contribution in [0.25, 0.3) is 0 Å². The molecule has 1 amide bonds. The number of halogens is 1. The Labute approximate surface area is 118 Å². The van der Waals surface area contributed by atoms with Crippen molar-refractivity contribution < 1.29 is 13.2 Å². The van der Waals surface area contributed by atoms with Crippen molar-refractivity contribution in [3.05, 3.63) is 0 Å². The van der Waals surface area contributed by atoms with Gasteiger partial charge in [-0.05, 0) is 39.5 Å². The second-order valence-electron chi connectivity index (χ2n) is 5.41. The van der Waals surface area contributed by atoms with Crippen LogP contribution in [0.5, 0.6) is 0 Å². The molecule has 0 aromatic carbocycles. The molecule has 0 saturated carbocycles. The summed E-state index contributed by atoms with van der Waals surface area (Å²) < 4.78 is 22.2. The normalized spacial score (nSPS) is 22.0. The number of piperidine rings is 1. The van der Waals surface area contributed by atoms with E-state index < -0.39 is 14.6 Å². The summed E-state index contributed by atoms with van der Waals surface area (Å²) in [5, 5.41) is 0.834. The van der Waals surface area contributed by atoms with Gasteiger partial charge in [0.15, 0.2) is 9.84 Å². The molecular formula is C12H22BrNO3S. The zero-order valence-electron chi connectivity index (χ0n) is 11.3. The Morgan fingerprint density at radius 3 is 2.50 bits per heavy atom. The zero-order chi connectivity index (χ0) is 14.0. The Bertz CT molecular complexity index is 404. The van der Waals surface area contributed by atoms with Crippen molar-refractivity contribution in [3.63, 3.8) is 0 Å². The molecule has 0 aromatic heterocycles.